The number of benzene rings is 2. The first-order chi connectivity index (χ1) is 13.4. The predicted molar refractivity (Wildman–Crippen MR) is 111 cm³/mol. The number of hydrogen-bond donors (Lipinski definition) is 2. The molecule has 0 radical (unpaired) electrons. The summed E-state index contributed by atoms with van der Waals surface area (Å²) in [5, 5.41) is 6.56. The lowest BCUT2D eigenvalue weighted by atomic mass is 10.2. The second-order valence-electron chi connectivity index (χ2n) is 6.33. The molecule has 0 aliphatic rings. The Labute approximate surface area is 168 Å². The van der Waals surface area contributed by atoms with Crippen molar-refractivity contribution in [2.24, 2.45) is 0 Å². The quantitative estimate of drug-likeness (QED) is 0.635. The van der Waals surface area contributed by atoms with Crippen LogP contribution in [0.1, 0.15) is 27.3 Å². The number of carbonyl (C=O) groups is 1. The van der Waals surface area contributed by atoms with Crippen molar-refractivity contribution < 1.29 is 9.53 Å². The Morgan fingerprint density at radius 1 is 1.07 bits per heavy atom. The fourth-order valence-corrected chi connectivity index (χ4v) is 2.78. The van der Waals surface area contributed by atoms with Crippen molar-refractivity contribution >= 4 is 29.1 Å². The van der Waals surface area contributed by atoms with Crippen LogP contribution in [0.3, 0.4) is 0 Å². The normalized spacial score (nSPS) is 10.4. The number of halogens is 1. The molecule has 7 heteroatoms. The Hall–Kier alpha value is -3.12. The SMILES string of the molecule is COc1ccc(CNc2nc(C)cc(C(=O)Nc3cc(Cl)ccc3C)n2)cc1. The Kier molecular flexibility index (Phi) is 6.11. The lowest BCUT2D eigenvalue weighted by Crippen LogP contribution is -2.16. The number of nitrogens with zero attached hydrogens (tertiary/aromatic N) is 2. The first-order valence-corrected chi connectivity index (χ1v) is 9.12. The summed E-state index contributed by atoms with van der Waals surface area (Å²) in [6, 6.07) is 14.7. The van der Waals surface area contributed by atoms with E-state index in [1.165, 1.54) is 0 Å². The topological polar surface area (TPSA) is 76.1 Å². The van der Waals surface area contributed by atoms with Gasteiger partial charge in [0.05, 0.1) is 7.11 Å². The van der Waals surface area contributed by atoms with Gasteiger partial charge in [0.2, 0.25) is 5.95 Å². The highest BCUT2D eigenvalue weighted by atomic mass is 35.5. The number of anilines is 2. The van der Waals surface area contributed by atoms with Gasteiger partial charge in [0.25, 0.3) is 5.91 Å². The fourth-order valence-electron chi connectivity index (χ4n) is 2.60. The van der Waals surface area contributed by atoms with Crippen molar-refractivity contribution in [1.29, 1.82) is 0 Å². The van der Waals surface area contributed by atoms with Gasteiger partial charge in [-0.25, -0.2) is 9.97 Å². The number of methoxy groups -OCH3 is 1. The minimum Gasteiger partial charge on any atom is -0.497 e. The number of hydrogen-bond acceptors (Lipinski definition) is 5. The number of rotatable bonds is 6. The average Bonchev–Trinajstić information content (AvgIpc) is 2.69. The van der Waals surface area contributed by atoms with Gasteiger partial charge in [0, 0.05) is 22.9 Å². The van der Waals surface area contributed by atoms with Crippen molar-refractivity contribution in [1.82, 2.24) is 9.97 Å². The zero-order valence-corrected chi connectivity index (χ0v) is 16.7. The molecule has 1 aromatic heterocycles. The summed E-state index contributed by atoms with van der Waals surface area (Å²) in [4.78, 5) is 21.3. The molecule has 2 aromatic carbocycles. The molecule has 6 nitrogen and oxygen atoms in total. The van der Waals surface area contributed by atoms with Gasteiger partial charge in [-0.1, -0.05) is 29.8 Å². The van der Waals surface area contributed by atoms with Crippen molar-refractivity contribution in [2.75, 3.05) is 17.7 Å². The maximum Gasteiger partial charge on any atom is 0.274 e. The van der Waals surface area contributed by atoms with E-state index >= 15 is 0 Å². The predicted octanol–water partition coefficient (Wildman–Crippen LogP) is 4.62. The molecule has 3 rings (SSSR count). The van der Waals surface area contributed by atoms with E-state index in [4.69, 9.17) is 16.3 Å². The second-order valence-corrected chi connectivity index (χ2v) is 6.77. The van der Waals surface area contributed by atoms with Crippen LogP contribution >= 0.6 is 11.6 Å². The molecule has 0 bridgehead atoms. The zero-order chi connectivity index (χ0) is 20.1. The van der Waals surface area contributed by atoms with Gasteiger partial charge in [0.15, 0.2) is 0 Å². The molecular weight excluding hydrogens is 376 g/mol. The molecule has 0 saturated heterocycles. The van der Waals surface area contributed by atoms with Crippen LogP contribution in [0.5, 0.6) is 5.75 Å². The minimum atomic E-state index is -0.316. The Bertz CT molecular complexity index is 990. The maximum atomic E-state index is 12.6. The van der Waals surface area contributed by atoms with Crippen molar-refractivity contribution in [3.63, 3.8) is 0 Å². The van der Waals surface area contributed by atoms with Crippen molar-refractivity contribution in [3.05, 3.63) is 76.1 Å². The lowest BCUT2D eigenvalue weighted by Gasteiger charge is -2.11. The first-order valence-electron chi connectivity index (χ1n) is 8.74. The van der Waals surface area contributed by atoms with Crippen LogP contribution in [0.4, 0.5) is 11.6 Å². The first kappa shape index (κ1) is 19.6. The fraction of sp³-hybridized carbons (Fsp3) is 0.190. The third-order valence-electron chi connectivity index (χ3n) is 4.14. The average molecular weight is 397 g/mol. The van der Waals surface area contributed by atoms with Crippen LogP contribution in [0.15, 0.2) is 48.5 Å². The van der Waals surface area contributed by atoms with E-state index in [0.717, 1.165) is 16.9 Å². The highest BCUT2D eigenvalue weighted by molar-refractivity contribution is 6.31. The second kappa shape index (κ2) is 8.71. The summed E-state index contributed by atoms with van der Waals surface area (Å²) in [5.74, 6) is 0.873. The summed E-state index contributed by atoms with van der Waals surface area (Å²) < 4.78 is 5.16. The molecule has 0 spiro atoms. The highest BCUT2D eigenvalue weighted by Gasteiger charge is 2.12. The van der Waals surface area contributed by atoms with Crippen LogP contribution < -0.4 is 15.4 Å². The summed E-state index contributed by atoms with van der Waals surface area (Å²) >= 11 is 6.02. The lowest BCUT2D eigenvalue weighted by molar-refractivity contribution is 0.102. The zero-order valence-electron chi connectivity index (χ0n) is 15.9. The molecule has 28 heavy (non-hydrogen) atoms. The van der Waals surface area contributed by atoms with Gasteiger partial charge in [-0.05, 0) is 55.3 Å². The van der Waals surface area contributed by atoms with Crippen LogP contribution in [-0.4, -0.2) is 23.0 Å². The molecule has 144 valence electrons. The van der Waals surface area contributed by atoms with Crippen LogP contribution in [0.25, 0.3) is 0 Å². The van der Waals surface area contributed by atoms with Gasteiger partial charge < -0.3 is 15.4 Å². The summed E-state index contributed by atoms with van der Waals surface area (Å²) in [7, 11) is 1.63. The number of amides is 1. The molecule has 1 heterocycles. The molecule has 0 aliphatic carbocycles. The number of nitrogens with one attached hydrogen (secondary N) is 2. The molecule has 3 aromatic rings. The van der Waals surface area contributed by atoms with Gasteiger partial charge >= 0.3 is 0 Å². The molecular formula is C21H21ClN4O2. The number of aromatic nitrogens is 2. The Morgan fingerprint density at radius 2 is 1.82 bits per heavy atom. The van der Waals surface area contributed by atoms with Crippen LogP contribution in [0.2, 0.25) is 5.02 Å². The van der Waals surface area contributed by atoms with Gasteiger partial charge in [-0.3, -0.25) is 4.79 Å². The molecule has 0 fully saturated rings. The van der Waals surface area contributed by atoms with E-state index in [-0.39, 0.29) is 11.6 Å². The minimum absolute atomic E-state index is 0.282. The third kappa shape index (κ3) is 4.98. The largest absolute Gasteiger partial charge is 0.497 e. The molecule has 1 amide bonds. The standard InChI is InChI=1S/C21H21ClN4O2/c1-13-4-7-16(22)11-18(13)25-20(27)19-10-14(2)24-21(26-19)23-12-15-5-8-17(28-3)9-6-15/h4-11H,12H2,1-3H3,(H,25,27)(H,23,24,26). The Balaban J connectivity index is 1.72. The number of aryl methyl sites for hydroxylation is 2. The van der Waals surface area contributed by atoms with E-state index in [2.05, 4.69) is 20.6 Å². The number of carbonyl (C=O) groups excluding carboxylic acids is 1. The van der Waals surface area contributed by atoms with Gasteiger partial charge in [0.1, 0.15) is 11.4 Å². The van der Waals surface area contributed by atoms with E-state index < -0.39 is 0 Å². The van der Waals surface area contributed by atoms with Crippen molar-refractivity contribution in [3.8, 4) is 5.75 Å². The molecule has 0 unspecified atom stereocenters. The van der Waals surface area contributed by atoms with Crippen LogP contribution in [0, 0.1) is 13.8 Å². The van der Waals surface area contributed by atoms with E-state index in [0.29, 0.717) is 28.9 Å². The third-order valence-corrected chi connectivity index (χ3v) is 4.38. The molecule has 0 atom stereocenters. The highest BCUT2D eigenvalue weighted by Crippen LogP contribution is 2.21. The molecule has 0 aliphatic heterocycles. The van der Waals surface area contributed by atoms with E-state index in [1.807, 2.05) is 44.2 Å². The smallest absolute Gasteiger partial charge is 0.274 e. The monoisotopic (exact) mass is 396 g/mol. The summed E-state index contributed by atoms with van der Waals surface area (Å²) in [5.41, 5.74) is 3.60. The summed E-state index contributed by atoms with van der Waals surface area (Å²) in [6.07, 6.45) is 0. The van der Waals surface area contributed by atoms with Gasteiger partial charge in [-0.2, -0.15) is 0 Å². The molecule has 2 N–H and O–H groups in total. The Morgan fingerprint density at radius 3 is 2.54 bits per heavy atom. The van der Waals surface area contributed by atoms with E-state index in [9.17, 15) is 4.79 Å². The number of ether oxygens (including phenoxy) is 1. The van der Waals surface area contributed by atoms with Crippen molar-refractivity contribution in [2.45, 2.75) is 20.4 Å². The summed E-state index contributed by atoms with van der Waals surface area (Å²) in [6.45, 7) is 4.25. The molecule has 0 saturated carbocycles. The maximum absolute atomic E-state index is 12.6. The van der Waals surface area contributed by atoms with Gasteiger partial charge in [-0.15, -0.1) is 0 Å². The van der Waals surface area contributed by atoms with Crippen LogP contribution in [-0.2, 0) is 6.54 Å². The van der Waals surface area contributed by atoms with E-state index in [1.54, 1.807) is 25.3 Å².